The van der Waals surface area contributed by atoms with Crippen molar-refractivity contribution in [1.29, 1.82) is 0 Å². The van der Waals surface area contributed by atoms with Crippen LogP contribution in [-0.4, -0.2) is 12.7 Å². The fraction of sp³-hybridized carbons (Fsp3) is 0.259. The number of halogens is 4. The van der Waals surface area contributed by atoms with Gasteiger partial charge in [0, 0.05) is 17.0 Å². The third kappa shape index (κ3) is 4.09. The highest BCUT2D eigenvalue weighted by atomic mass is 19.2. The monoisotopic (exact) mass is 440 g/mol. The van der Waals surface area contributed by atoms with E-state index in [2.05, 4.69) is 6.58 Å². The molecule has 1 aliphatic rings. The Kier molecular flexibility index (Phi) is 6.47. The number of hydrogen-bond donors (Lipinski definition) is 0. The summed E-state index contributed by atoms with van der Waals surface area (Å²) >= 11 is 0. The van der Waals surface area contributed by atoms with Crippen molar-refractivity contribution >= 4 is 0 Å². The van der Waals surface area contributed by atoms with Gasteiger partial charge in [-0.1, -0.05) is 61.5 Å². The number of aryl methyl sites for hydroxylation is 1. The molecule has 32 heavy (non-hydrogen) atoms. The van der Waals surface area contributed by atoms with Crippen LogP contribution in [-0.2, 0) is 11.2 Å². The van der Waals surface area contributed by atoms with Gasteiger partial charge < -0.3 is 4.74 Å². The van der Waals surface area contributed by atoms with Gasteiger partial charge in [0.15, 0.2) is 23.3 Å². The van der Waals surface area contributed by atoms with Gasteiger partial charge in [-0.15, -0.1) is 6.58 Å². The quantitative estimate of drug-likeness (QED) is 0.293. The summed E-state index contributed by atoms with van der Waals surface area (Å²) in [4.78, 5) is 0. The molecule has 3 aromatic carbocycles. The van der Waals surface area contributed by atoms with Crippen molar-refractivity contribution in [2.75, 3.05) is 6.61 Å². The van der Waals surface area contributed by atoms with Gasteiger partial charge in [0.1, 0.15) is 0 Å². The van der Waals surface area contributed by atoms with Crippen LogP contribution < -0.4 is 0 Å². The molecule has 0 bridgehead atoms. The van der Waals surface area contributed by atoms with Crippen LogP contribution in [0, 0.1) is 23.3 Å². The molecule has 2 atom stereocenters. The van der Waals surface area contributed by atoms with Gasteiger partial charge in [-0.3, -0.25) is 0 Å². The lowest BCUT2D eigenvalue weighted by molar-refractivity contribution is 0.0320. The topological polar surface area (TPSA) is 9.23 Å². The summed E-state index contributed by atoms with van der Waals surface area (Å²) in [5, 5.41) is 0. The summed E-state index contributed by atoms with van der Waals surface area (Å²) in [5.41, 5.74) is 1.77. The molecule has 1 fully saturated rings. The van der Waals surface area contributed by atoms with E-state index < -0.39 is 23.3 Å². The molecule has 2 unspecified atom stereocenters. The highest BCUT2D eigenvalue weighted by molar-refractivity contribution is 5.71. The Morgan fingerprint density at radius 3 is 1.94 bits per heavy atom. The standard InChI is InChI=1S/C27H24F4O/c1-3-16-10-12-21(25(29)24(16)28)17-5-7-18(8-6-17)22-13-14-23(27(31)26(22)30)19-9-11-20(4-2)32-15-19/h4-8,10,12-14,19-20H,2-3,9,11,15H2,1H3. The molecule has 1 saturated heterocycles. The maximum Gasteiger partial charge on any atom is 0.166 e. The first kappa shape index (κ1) is 22.3. The van der Waals surface area contributed by atoms with E-state index in [1.165, 1.54) is 6.07 Å². The van der Waals surface area contributed by atoms with Gasteiger partial charge >= 0.3 is 0 Å². The Morgan fingerprint density at radius 2 is 1.41 bits per heavy atom. The van der Waals surface area contributed by atoms with Crippen LogP contribution in [0.5, 0.6) is 0 Å². The van der Waals surface area contributed by atoms with E-state index in [4.69, 9.17) is 4.74 Å². The van der Waals surface area contributed by atoms with Crippen LogP contribution in [0.15, 0.2) is 61.2 Å². The summed E-state index contributed by atoms with van der Waals surface area (Å²) in [6.07, 6.45) is 3.48. The molecule has 4 rings (SSSR count). The zero-order chi connectivity index (χ0) is 22.8. The second-order valence-electron chi connectivity index (χ2n) is 8.04. The molecule has 0 spiro atoms. The summed E-state index contributed by atoms with van der Waals surface area (Å²) in [6, 6.07) is 12.6. The second-order valence-corrected chi connectivity index (χ2v) is 8.04. The minimum Gasteiger partial charge on any atom is -0.374 e. The van der Waals surface area contributed by atoms with Crippen molar-refractivity contribution < 1.29 is 22.3 Å². The highest BCUT2D eigenvalue weighted by Crippen LogP contribution is 2.35. The van der Waals surface area contributed by atoms with Gasteiger partial charge in [0.25, 0.3) is 0 Å². The molecule has 5 heteroatoms. The largest absolute Gasteiger partial charge is 0.374 e. The van der Waals surface area contributed by atoms with E-state index in [-0.39, 0.29) is 23.1 Å². The van der Waals surface area contributed by atoms with Crippen molar-refractivity contribution in [3.05, 3.63) is 95.6 Å². The summed E-state index contributed by atoms with van der Waals surface area (Å²) in [6.45, 7) is 5.78. The molecule has 1 heterocycles. The van der Waals surface area contributed by atoms with Gasteiger partial charge in [-0.05, 0) is 41.5 Å². The average Bonchev–Trinajstić information content (AvgIpc) is 2.83. The minimum atomic E-state index is -0.925. The third-order valence-corrected chi connectivity index (χ3v) is 6.18. The van der Waals surface area contributed by atoms with E-state index in [1.807, 2.05) is 0 Å². The third-order valence-electron chi connectivity index (χ3n) is 6.18. The van der Waals surface area contributed by atoms with Crippen molar-refractivity contribution in [2.24, 2.45) is 0 Å². The SMILES string of the molecule is C=CC1CCC(c2ccc(-c3ccc(-c4ccc(CC)c(F)c4F)cc3)c(F)c2F)CO1. The zero-order valence-electron chi connectivity index (χ0n) is 17.8. The van der Waals surface area contributed by atoms with Crippen LogP contribution in [0.2, 0.25) is 0 Å². The first-order chi connectivity index (χ1) is 15.4. The van der Waals surface area contributed by atoms with Crippen LogP contribution in [0.4, 0.5) is 17.6 Å². The molecule has 0 radical (unpaired) electrons. The highest BCUT2D eigenvalue weighted by Gasteiger charge is 2.26. The van der Waals surface area contributed by atoms with Crippen LogP contribution in [0.1, 0.15) is 36.8 Å². The van der Waals surface area contributed by atoms with E-state index >= 15 is 0 Å². The zero-order valence-corrected chi connectivity index (χ0v) is 17.8. The van der Waals surface area contributed by atoms with Crippen molar-refractivity contribution in [3.63, 3.8) is 0 Å². The minimum absolute atomic E-state index is 0.0477. The first-order valence-corrected chi connectivity index (χ1v) is 10.7. The molecule has 3 aromatic rings. The van der Waals surface area contributed by atoms with Gasteiger partial charge in [0.05, 0.1) is 12.7 Å². The predicted octanol–water partition coefficient (Wildman–Crippen LogP) is 7.59. The Labute approximate surface area is 185 Å². The maximum atomic E-state index is 14.9. The molecule has 0 N–H and O–H groups in total. The Hall–Kier alpha value is -2.92. The summed E-state index contributed by atoms with van der Waals surface area (Å²) < 4.78 is 64.0. The summed E-state index contributed by atoms with van der Waals surface area (Å²) in [5.74, 6) is -3.77. The Morgan fingerprint density at radius 1 is 0.812 bits per heavy atom. The van der Waals surface area contributed by atoms with Crippen molar-refractivity contribution in [1.82, 2.24) is 0 Å². The predicted molar refractivity (Wildman–Crippen MR) is 118 cm³/mol. The van der Waals surface area contributed by atoms with Crippen molar-refractivity contribution in [3.8, 4) is 22.3 Å². The fourth-order valence-electron chi connectivity index (χ4n) is 4.22. The van der Waals surface area contributed by atoms with Crippen LogP contribution in [0.3, 0.4) is 0 Å². The number of ether oxygens (including phenoxy) is 1. The molecule has 1 nitrogen and oxygen atoms in total. The van der Waals surface area contributed by atoms with E-state index in [0.29, 0.717) is 41.7 Å². The molecule has 0 aliphatic carbocycles. The van der Waals surface area contributed by atoms with E-state index in [9.17, 15) is 17.6 Å². The van der Waals surface area contributed by atoms with E-state index in [1.54, 1.807) is 55.5 Å². The molecule has 1 aliphatic heterocycles. The molecule has 0 saturated carbocycles. The fourth-order valence-corrected chi connectivity index (χ4v) is 4.22. The van der Waals surface area contributed by atoms with Gasteiger partial charge in [-0.2, -0.15) is 0 Å². The van der Waals surface area contributed by atoms with Gasteiger partial charge in [-0.25, -0.2) is 17.6 Å². The average molecular weight is 440 g/mol. The van der Waals surface area contributed by atoms with Crippen molar-refractivity contribution in [2.45, 2.75) is 38.2 Å². The number of benzene rings is 3. The lowest BCUT2D eigenvalue weighted by Gasteiger charge is -2.28. The van der Waals surface area contributed by atoms with Crippen LogP contribution in [0.25, 0.3) is 22.3 Å². The molecule has 0 amide bonds. The lowest BCUT2D eigenvalue weighted by Crippen LogP contribution is -2.23. The number of hydrogen-bond acceptors (Lipinski definition) is 1. The Balaban J connectivity index is 1.60. The molecule has 0 aromatic heterocycles. The smallest absolute Gasteiger partial charge is 0.166 e. The van der Waals surface area contributed by atoms with E-state index in [0.717, 1.165) is 6.42 Å². The first-order valence-electron chi connectivity index (χ1n) is 10.7. The second kappa shape index (κ2) is 9.29. The lowest BCUT2D eigenvalue weighted by atomic mass is 9.89. The Bertz CT molecular complexity index is 1130. The van der Waals surface area contributed by atoms with Gasteiger partial charge in [0.2, 0.25) is 0 Å². The summed E-state index contributed by atoms with van der Waals surface area (Å²) in [7, 11) is 0. The maximum absolute atomic E-state index is 14.9. The van der Waals surface area contributed by atoms with Crippen LogP contribution >= 0.6 is 0 Å². The number of rotatable bonds is 5. The normalized spacial score (nSPS) is 18.5. The molecular formula is C27H24F4O. The molecular weight excluding hydrogens is 416 g/mol. The molecule has 166 valence electrons.